The minimum atomic E-state index is -0.0270. The van der Waals surface area contributed by atoms with Crippen LogP contribution in [0.25, 0.3) is 0 Å². The van der Waals surface area contributed by atoms with Crippen molar-refractivity contribution in [2.45, 2.75) is 61.2 Å². The molecule has 4 aromatic carbocycles. The smallest absolute Gasteiger partial charge is 0.0967 e. The molecule has 0 aromatic heterocycles. The van der Waals surface area contributed by atoms with Crippen molar-refractivity contribution in [2.75, 3.05) is 0 Å². The Morgan fingerprint density at radius 2 is 0.816 bits per heavy atom. The van der Waals surface area contributed by atoms with Gasteiger partial charge in [0.2, 0.25) is 0 Å². The van der Waals surface area contributed by atoms with Crippen LogP contribution in [0, 0.1) is 0 Å². The van der Waals surface area contributed by atoms with Gasteiger partial charge < -0.3 is 0 Å². The molecule has 0 aliphatic heterocycles. The van der Waals surface area contributed by atoms with Crippen LogP contribution in [0.15, 0.2) is 97.1 Å². The maximum Gasteiger partial charge on any atom is 0.113 e. The third kappa shape index (κ3) is 4.51. The predicted octanol–water partition coefficient (Wildman–Crippen LogP) is 3.76. The predicted molar refractivity (Wildman–Crippen MR) is 164 cm³/mol. The summed E-state index contributed by atoms with van der Waals surface area (Å²) < 4.78 is 0. The molecule has 4 heteroatoms. The van der Waals surface area contributed by atoms with Crippen molar-refractivity contribution in [3.05, 3.63) is 119 Å². The molecular weight excluding hydrogens is 452 g/mol. The Hall–Kier alpha value is -2.86. The van der Waals surface area contributed by atoms with E-state index in [2.05, 4.69) is 79.7 Å². The molecule has 2 bridgehead atoms. The Morgan fingerprint density at radius 1 is 0.474 bits per heavy atom. The lowest BCUT2D eigenvalue weighted by molar-refractivity contribution is 0.0463. The Bertz CT molecular complexity index is 1350. The van der Waals surface area contributed by atoms with Crippen LogP contribution in [-0.2, 0) is 16.2 Å². The van der Waals surface area contributed by atoms with Gasteiger partial charge in [-0.2, -0.15) is 0 Å². The molecule has 2 atom stereocenters. The summed E-state index contributed by atoms with van der Waals surface area (Å²) in [6, 6.07) is 34.5. The molecular formula is C34H30B4. The lowest BCUT2D eigenvalue weighted by Crippen LogP contribution is -2.55. The number of hydrogen-bond acceptors (Lipinski definition) is 0. The van der Waals surface area contributed by atoms with Gasteiger partial charge >= 0.3 is 0 Å². The lowest BCUT2D eigenvalue weighted by atomic mass is 9.42. The van der Waals surface area contributed by atoms with Crippen molar-refractivity contribution in [2.24, 2.45) is 0 Å². The zero-order chi connectivity index (χ0) is 26.5. The summed E-state index contributed by atoms with van der Waals surface area (Å²) in [4.78, 5) is 0. The lowest BCUT2D eigenvalue weighted by Gasteiger charge is -2.61. The Morgan fingerprint density at radius 3 is 1.21 bits per heavy atom. The largest absolute Gasteiger partial charge is 0.113 e. The van der Waals surface area contributed by atoms with Crippen LogP contribution < -0.4 is 21.9 Å². The summed E-state index contributed by atoms with van der Waals surface area (Å²) in [5, 5.41) is 0. The number of rotatable bonds is 4. The van der Waals surface area contributed by atoms with E-state index >= 15 is 0 Å². The molecule has 0 N–H and O–H groups in total. The van der Waals surface area contributed by atoms with Crippen LogP contribution in [0.5, 0.6) is 0 Å². The summed E-state index contributed by atoms with van der Waals surface area (Å²) in [5.41, 5.74) is 8.64. The van der Waals surface area contributed by atoms with Gasteiger partial charge in [0.05, 0.1) is 0 Å². The van der Waals surface area contributed by atoms with E-state index in [1.54, 1.807) is 0 Å². The molecule has 0 amide bonds. The number of benzene rings is 4. The monoisotopic (exact) mass is 482 g/mol. The van der Waals surface area contributed by atoms with Crippen LogP contribution in [-0.4, -0.2) is 31.4 Å². The van der Waals surface area contributed by atoms with Crippen molar-refractivity contribution < 1.29 is 0 Å². The highest BCUT2D eigenvalue weighted by Gasteiger charge is 2.58. The molecule has 0 nitrogen and oxygen atoms in total. The van der Waals surface area contributed by atoms with Crippen LogP contribution in [0.1, 0.15) is 67.2 Å². The molecule has 8 radical (unpaired) electrons. The van der Waals surface area contributed by atoms with E-state index in [1.165, 1.54) is 22.3 Å². The van der Waals surface area contributed by atoms with Gasteiger partial charge in [0.1, 0.15) is 31.4 Å². The third-order valence-electron chi connectivity index (χ3n) is 9.47. The molecule has 0 saturated heterocycles. The fourth-order valence-corrected chi connectivity index (χ4v) is 8.04. The second-order valence-corrected chi connectivity index (χ2v) is 12.3. The molecule has 4 aromatic rings. The molecule has 2 aliphatic carbocycles. The number of hydrogen-bond donors (Lipinski definition) is 0. The quantitative estimate of drug-likeness (QED) is 0.389. The minimum Gasteiger partial charge on any atom is -0.0967 e. The van der Waals surface area contributed by atoms with Gasteiger partial charge in [-0.25, -0.2) is 0 Å². The number of fused-ring (bicyclic) bond motifs is 2. The zero-order valence-electron chi connectivity index (χ0n) is 22.2. The maximum absolute atomic E-state index is 6.17. The highest BCUT2D eigenvalue weighted by molar-refractivity contribution is 6.33. The molecule has 38 heavy (non-hydrogen) atoms. The van der Waals surface area contributed by atoms with Gasteiger partial charge in [0.15, 0.2) is 0 Å². The fraction of sp³-hybridized carbons (Fsp3) is 0.294. The summed E-state index contributed by atoms with van der Waals surface area (Å²) >= 11 is 0. The second kappa shape index (κ2) is 9.40. The van der Waals surface area contributed by atoms with Gasteiger partial charge in [-0.05, 0) is 76.5 Å². The molecule has 2 saturated carbocycles. The van der Waals surface area contributed by atoms with Crippen molar-refractivity contribution in [3.8, 4) is 0 Å². The molecule has 0 spiro atoms. The van der Waals surface area contributed by atoms with E-state index in [-0.39, 0.29) is 16.2 Å². The second-order valence-electron chi connectivity index (χ2n) is 12.3. The Labute approximate surface area is 233 Å². The van der Waals surface area contributed by atoms with E-state index in [9.17, 15) is 0 Å². The van der Waals surface area contributed by atoms with Crippen LogP contribution in [0.4, 0.5) is 0 Å². The Balaban J connectivity index is 1.57. The van der Waals surface area contributed by atoms with Crippen molar-refractivity contribution in [3.63, 3.8) is 0 Å². The van der Waals surface area contributed by atoms with E-state index in [4.69, 9.17) is 31.4 Å². The van der Waals surface area contributed by atoms with Crippen molar-refractivity contribution in [1.29, 1.82) is 0 Å². The van der Waals surface area contributed by atoms with Gasteiger partial charge in [-0.3, -0.25) is 0 Å². The van der Waals surface area contributed by atoms with E-state index in [0.29, 0.717) is 5.92 Å². The zero-order valence-corrected chi connectivity index (χ0v) is 22.2. The first kappa shape index (κ1) is 25.4. The molecule has 0 heterocycles. The first-order valence-electron chi connectivity index (χ1n) is 13.6. The summed E-state index contributed by atoms with van der Waals surface area (Å²) in [6.45, 7) is 2.46. The minimum absolute atomic E-state index is 0.0201. The maximum atomic E-state index is 6.17. The highest BCUT2D eigenvalue weighted by Crippen LogP contribution is 2.65. The van der Waals surface area contributed by atoms with Gasteiger partial charge in [-0.1, -0.05) is 126 Å². The summed E-state index contributed by atoms with van der Waals surface area (Å²) in [5.74, 6) is 0.412. The average molecular weight is 482 g/mol. The van der Waals surface area contributed by atoms with Crippen LogP contribution in [0.3, 0.4) is 0 Å². The topological polar surface area (TPSA) is 0 Å². The SMILES string of the molecule is [B]c1ccc(C2CC3(c4ccc([B])cc4)CC(C)(c4ccc([B])cc4)CC(c4ccc([B])cc4)(C2)C3)cc1. The highest BCUT2D eigenvalue weighted by atomic mass is 14.6. The Kier molecular flexibility index (Phi) is 6.29. The van der Waals surface area contributed by atoms with Gasteiger partial charge in [-0.15, -0.1) is 0 Å². The molecule has 178 valence electrons. The van der Waals surface area contributed by atoms with Crippen LogP contribution in [0.2, 0.25) is 0 Å². The third-order valence-corrected chi connectivity index (χ3v) is 9.47. The molecule has 2 fully saturated rings. The van der Waals surface area contributed by atoms with Crippen molar-refractivity contribution >= 4 is 53.2 Å². The van der Waals surface area contributed by atoms with E-state index < -0.39 is 0 Å². The average Bonchev–Trinajstić information content (AvgIpc) is 2.89. The molecule has 2 unspecified atom stereocenters. The van der Waals surface area contributed by atoms with E-state index in [1.807, 2.05) is 24.3 Å². The summed E-state index contributed by atoms with van der Waals surface area (Å²) in [6.07, 6.45) is 5.40. The molecule has 2 aliphatic rings. The standard InChI is InChI=1S/C34H30B4/c1-32(25-4-12-29(36)13-5-25)20-33(26-6-14-30(37)15-7-26)18-24(23-2-10-28(35)11-3-23)19-34(21-32,22-33)27-8-16-31(38)17-9-27/h2-17,24H,18-22H2,1H3. The van der Waals surface area contributed by atoms with E-state index in [0.717, 1.165) is 54.0 Å². The first-order valence-corrected chi connectivity index (χ1v) is 13.6. The first-order chi connectivity index (χ1) is 18.2. The normalized spacial score (nSPS) is 28.6. The van der Waals surface area contributed by atoms with Gasteiger partial charge in [0, 0.05) is 0 Å². The van der Waals surface area contributed by atoms with Crippen molar-refractivity contribution in [1.82, 2.24) is 0 Å². The fourth-order valence-electron chi connectivity index (χ4n) is 8.04. The van der Waals surface area contributed by atoms with Gasteiger partial charge in [0.25, 0.3) is 0 Å². The molecule has 6 rings (SSSR count). The summed E-state index contributed by atoms with van der Waals surface area (Å²) in [7, 11) is 24.5. The van der Waals surface area contributed by atoms with Crippen LogP contribution >= 0.6 is 0 Å².